The summed E-state index contributed by atoms with van der Waals surface area (Å²) in [4.78, 5) is 15.0. The van der Waals surface area contributed by atoms with Gasteiger partial charge in [0.15, 0.2) is 6.29 Å². The lowest BCUT2D eigenvalue weighted by Crippen LogP contribution is -2.01. The van der Waals surface area contributed by atoms with Gasteiger partial charge in [-0.1, -0.05) is 35.3 Å². The Labute approximate surface area is 121 Å². The summed E-state index contributed by atoms with van der Waals surface area (Å²) in [6, 6.07) is 8.81. The fraction of sp³-hybridized carbons (Fsp3) is 0.143. The maximum Gasteiger partial charge on any atom is 0.172 e. The zero-order chi connectivity index (χ0) is 13.8. The van der Waals surface area contributed by atoms with E-state index in [1.165, 1.54) is 0 Å². The van der Waals surface area contributed by atoms with Gasteiger partial charge in [-0.15, -0.1) is 0 Å². The highest BCUT2D eigenvalue weighted by Crippen LogP contribution is 2.27. The van der Waals surface area contributed by atoms with E-state index in [0.29, 0.717) is 22.1 Å². The molecule has 0 unspecified atom stereocenters. The van der Waals surface area contributed by atoms with Gasteiger partial charge in [0.2, 0.25) is 0 Å². The van der Waals surface area contributed by atoms with E-state index in [1.54, 1.807) is 24.3 Å². The van der Waals surface area contributed by atoms with Crippen molar-refractivity contribution in [2.45, 2.75) is 13.5 Å². The van der Waals surface area contributed by atoms with Crippen LogP contribution in [0.3, 0.4) is 0 Å². The molecule has 1 aromatic carbocycles. The van der Waals surface area contributed by atoms with Crippen molar-refractivity contribution in [2.24, 2.45) is 0 Å². The standard InChI is InChI=1S/C14H11Cl2NO2/c1-9-5-6-13(12(7-18)17-9)19-8-10-3-2-4-11(15)14(10)16/h2-7H,8H2,1H3. The lowest BCUT2D eigenvalue weighted by molar-refractivity contribution is 0.111. The van der Waals surface area contributed by atoms with Crippen LogP contribution >= 0.6 is 23.2 Å². The number of aldehydes is 1. The Morgan fingerprint density at radius 1 is 1.26 bits per heavy atom. The molecule has 3 nitrogen and oxygen atoms in total. The molecule has 0 fully saturated rings. The highest BCUT2D eigenvalue weighted by atomic mass is 35.5. The smallest absolute Gasteiger partial charge is 0.172 e. The number of halogens is 2. The molecular formula is C14H11Cl2NO2. The van der Waals surface area contributed by atoms with E-state index in [2.05, 4.69) is 4.98 Å². The largest absolute Gasteiger partial charge is 0.486 e. The molecular weight excluding hydrogens is 285 g/mol. The van der Waals surface area contributed by atoms with Crippen LogP contribution in [0.1, 0.15) is 21.7 Å². The zero-order valence-electron chi connectivity index (χ0n) is 10.2. The SMILES string of the molecule is Cc1ccc(OCc2cccc(Cl)c2Cl)c(C=O)n1. The highest BCUT2D eigenvalue weighted by Gasteiger charge is 2.08. The van der Waals surface area contributed by atoms with Crippen molar-refractivity contribution in [1.29, 1.82) is 0 Å². The Morgan fingerprint density at radius 3 is 2.79 bits per heavy atom. The molecule has 0 aliphatic rings. The molecule has 0 radical (unpaired) electrons. The predicted octanol–water partition coefficient (Wildman–Crippen LogP) is 4.09. The summed E-state index contributed by atoms with van der Waals surface area (Å²) in [5, 5.41) is 0.928. The van der Waals surface area contributed by atoms with Crippen molar-refractivity contribution in [3.63, 3.8) is 0 Å². The van der Waals surface area contributed by atoms with Gasteiger partial charge in [0, 0.05) is 11.3 Å². The molecule has 98 valence electrons. The molecule has 0 bridgehead atoms. The van der Waals surface area contributed by atoms with Crippen molar-refractivity contribution in [3.05, 3.63) is 57.3 Å². The van der Waals surface area contributed by atoms with Gasteiger partial charge < -0.3 is 4.74 Å². The molecule has 1 aromatic heterocycles. The van der Waals surface area contributed by atoms with Crippen molar-refractivity contribution in [1.82, 2.24) is 4.98 Å². The quantitative estimate of drug-likeness (QED) is 0.798. The van der Waals surface area contributed by atoms with Crippen molar-refractivity contribution in [3.8, 4) is 5.75 Å². The van der Waals surface area contributed by atoms with E-state index in [0.717, 1.165) is 11.3 Å². The molecule has 1 heterocycles. The van der Waals surface area contributed by atoms with Gasteiger partial charge >= 0.3 is 0 Å². The number of benzene rings is 1. The summed E-state index contributed by atoms with van der Waals surface area (Å²) in [6.07, 6.45) is 0.669. The summed E-state index contributed by atoms with van der Waals surface area (Å²) in [7, 11) is 0. The molecule has 0 N–H and O–H groups in total. The van der Waals surface area contributed by atoms with Crippen LogP contribution in [-0.4, -0.2) is 11.3 Å². The van der Waals surface area contributed by atoms with E-state index >= 15 is 0 Å². The first-order valence-corrected chi connectivity index (χ1v) is 6.36. The zero-order valence-corrected chi connectivity index (χ0v) is 11.7. The van der Waals surface area contributed by atoms with E-state index in [9.17, 15) is 4.79 Å². The first-order valence-electron chi connectivity index (χ1n) is 5.60. The Kier molecular flexibility index (Phi) is 4.40. The normalized spacial score (nSPS) is 10.3. The molecule has 0 amide bonds. The molecule has 0 atom stereocenters. The molecule has 0 aliphatic heterocycles. The number of ether oxygens (including phenoxy) is 1. The third-order valence-electron chi connectivity index (χ3n) is 2.55. The van der Waals surface area contributed by atoms with Crippen LogP contribution in [0.25, 0.3) is 0 Å². The molecule has 2 rings (SSSR count). The van der Waals surface area contributed by atoms with Gasteiger partial charge in [-0.25, -0.2) is 4.98 Å². The minimum Gasteiger partial charge on any atom is -0.486 e. The van der Waals surface area contributed by atoms with Gasteiger partial charge in [0.05, 0.1) is 10.0 Å². The first kappa shape index (κ1) is 13.8. The second-order valence-electron chi connectivity index (χ2n) is 3.96. The van der Waals surface area contributed by atoms with Crippen LogP contribution in [0, 0.1) is 6.92 Å². The van der Waals surface area contributed by atoms with Crippen LogP contribution in [-0.2, 0) is 6.61 Å². The Morgan fingerprint density at radius 2 is 2.05 bits per heavy atom. The fourth-order valence-corrected chi connectivity index (χ4v) is 1.96. The first-order chi connectivity index (χ1) is 9.11. The maximum absolute atomic E-state index is 10.9. The highest BCUT2D eigenvalue weighted by molar-refractivity contribution is 6.42. The van der Waals surface area contributed by atoms with E-state index < -0.39 is 0 Å². The molecule has 19 heavy (non-hydrogen) atoms. The lowest BCUT2D eigenvalue weighted by atomic mass is 10.2. The van der Waals surface area contributed by atoms with E-state index in [-0.39, 0.29) is 12.3 Å². The van der Waals surface area contributed by atoms with Gasteiger partial charge in [-0.05, 0) is 25.1 Å². The minimum absolute atomic E-state index is 0.227. The second kappa shape index (κ2) is 6.04. The van der Waals surface area contributed by atoms with Crippen molar-refractivity contribution < 1.29 is 9.53 Å². The maximum atomic E-state index is 10.9. The number of hydrogen-bond acceptors (Lipinski definition) is 3. The van der Waals surface area contributed by atoms with E-state index in [4.69, 9.17) is 27.9 Å². The molecule has 5 heteroatoms. The lowest BCUT2D eigenvalue weighted by Gasteiger charge is -2.10. The molecule has 0 saturated heterocycles. The van der Waals surface area contributed by atoms with Gasteiger partial charge in [-0.3, -0.25) is 4.79 Å². The van der Waals surface area contributed by atoms with Crippen LogP contribution in [0.15, 0.2) is 30.3 Å². The summed E-state index contributed by atoms with van der Waals surface area (Å²) in [6.45, 7) is 2.04. The number of carbonyl (C=O) groups is 1. The molecule has 0 saturated carbocycles. The topological polar surface area (TPSA) is 39.2 Å². The molecule has 0 aliphatic carbocycles. The van der Waals surface area contributed by atoms with Crippen LogP contribution < -0.4 is 4.74 Å². The van der Waals surface area contributed by atoms with Gasteiger partial charge in [-0.2, -0.15) is 0 Å². The number of aromatic nitrogens is 1. The molecule has 0 spiro atoms. The number of hydrogen-bond donors (Lipinski definition) is 0. The van der Waals surface area contributed by atoms with Crippen LogP contribution in [0.4, 0.5) is 0 Å². The molecule has 2 aromatic rings. The fourth-order valence-electron chi connectivity index (χ4n) is 1.59. The Balaban J connectivity index is 2.19. The van der Waals surface area contributed by atoms with Gasteiger partial charge in [0.25, 0.3) is 0 Å². The monoisotopic (exact) mass is 295 g/mol. The Bertz CT molecular complexity index is 614. The van der Waals surface area contributed by atoms with E-state index in [1.807, 2.05) is 13.0 Å². The third kappa shape index (κ3) is 3.25. The van der Waals surface area contributed by atoms with Crippen LogP contribution in [0.2, 0.25) is 10.0 Å². The number of nitrogens with zero attached hydrogens (tertiary/aromatic N) is 1. The summed E-state index contributed by atoms with van der Waals surface area (Å²) in [5.41, 5.74) is 1.79. The summed E-state index contributed by atoms with van der Waals surface area (Å²) >= 11 is 12.0. The minimum atomic E-state index is 0.227. The number of rotatable bonds is 4. The van der Waals surface area contributed by atoms with Gasteiger partial charge in [0.1, 0.15) is 18.1 Å². The van der Waals surface area contributed by atoms with Crippen molar-refractivity contribution >= 4 is 29.5 Å². The predicted molar refractivity (Wildman–Crippen MR) is 75.2 cm³/mol. The Hall–Kier alpha value is -1.58. The number of carbonyl (C=O) groups excluding carboxylic acids is 1. The average molecular weight is 296 g/mol. The second-order valence-corrected chi connectivity index (χ2v) is 4.74. The van der Waals surface area contributed by atoms with Crippen LogP contribution in [0.5, 0.6) is 5.75 Å². The summed E-state index contributed by atoms with van der Waals surface area (Å²) < 4.78 is 5.57. The number of aryl methyl sites for hydroxylation is 1. The van der Waals surface area contributed by atoms with Crippen molar-refractivity contribution in [2.75, 3.05) is 0 Å². The average Bonchev–Trinajstić information content (AvgIpc) is 2.41. The number of pyridine rings is 1. The third-order valence-corrected chi connectivity index (χ3v) is 3.41. The summed E-state index contributed by atoms with van der Waals surface area (Å²) in [5.74, 6) is 0.427.